The quantitative estimate of drug-likeness (QED) is 0.524. The fourth-order valence-corrected chi connectivity index (χ4v) is 2.79. The summed E-state index contributed by atoms with van der Waals surface area (Å²) in [6.07, 6.45) is 0. The van der Waals surface area contributed by atoms with Gasteiger partial charge in [0.2, 0.25) is 0 Å². The Morgan fingerprint density at radius 3 is 2.52 bits per heavy atom. The molecule has 1 aromatic heterocycles. The Morgan fingerprint density at radius 2 is 1.78 bits per heavy atom. The molecule has 0 spiro atoms. The third-order valence-corrected chi connectivity index (χ3v) is 4.21. The summed E-state index contributed by atoms with van der Waals surface area (Å²) >= 11 is 5.96. The van der Waals surface area contributed by atoms with Crippen LogP contribution < -0.4 is 5.32 Å². The van der Waals surface area contributed by atoms with E-state index in [1.165, 1.54) is 0 Å². The van der Waals surface area contributed by atoms with E-state index >= 15 is 0 Å². The number of benzene rings is 2. The Kier molecular flexibility index (Phi) is 7.36. The van der Waals surface area contributed by atoms with Crippen molar-refractivity contribution in [2.75, 3.05) is 26.4 Å². The van der Waals surface area contributed by atoms with E-state index in [9.17, 15) is 0 Å². The molecule has 3 rings (SSSR count). The summed E-state index contributed by atoms with van der Waals surface area (Å²) in [5.74, 6) is 0. The fraction of sp³-hybridized carbons (Fsp3) is 0.300. The molecule has 142 valence electrons. The molecule has 6 nitrogen and oxygen atoms in total. The molecule has 2 N–H and O–H groups in total. The average Bonchev–Trinajstić information content (AvgIpc) is 3.10. The van der Waals surface area contributed by atoms with Crippen LogP contribution in [-0.4, -0.2) is 46.5 Å². The lowest BCUT2D eigenvalue weighted by Crippen LogP contribution is -2.20. The zero-order valence-corrected chi connectivity index (χ0v) is 15.8. The third-order valence-electron chi connectivity index (χ3n) is 3.96. The Balaban J connectivity index is 1.71. The van der Waals surface area contributed by atoms with Gasteiger partial charge in [0, 0.05) is 23.7 Å². The largest absolute Gasteiger partial charge is 0.394 e. The van der Waals surface area contributed by atoms with Crippen LogP contribution in [0.4, 0.5) is 0 Å². The Labute approximate surface area is 163 Å². The highest BCUT2D eigenvalue weighted by Gasteiger charge is 2.13. The Hall–Kier alpha value is -2.25. The van der Waals surface area contributed by atoms with Crippen molar-refractivity contribution in [1.82, 2.24) is 20.3 Å². The minimum absolute atomic E-state index is 0.0389. The number of aliphatic hydroxyl groups is 1. The van der Waals surface area contributed by atoms with Crippen molar-refractivity contribution in [1.29, 1.82) is 0 Å². The maximum absolute atomic E-state index is 8.73. The summed E-state index contributed by atoms with van der Waals surface area (Å²) in [6, 6.07) is 17.7. The molecular formula is C20H23ClN4O2. The minimum atomic E-state index is 0.0389. The van der Waals surface area contributed by atoms with Crippen LogP contribution in [0.1, 0.15) is 11.3 Å². The number of halogens is 1. The predicted molar refractivity (Wildman–Crippen MR) is 106 cm³/mol. The van der Waals surface area contributed by atoms with Crippen LogP contribution in [0.5, 0.6) is 0 Å². The smallest absolute Gasteiger partial charge is 0.117 e. The Bertz CT molecular complexity index is 822. The number of rotatable bonds is 10. The van der Waals surface area contributed by atoms with Crippen molar-refractivity contribution in [3.05, 3.63) is 70.9 Å². The molecule has 0 aliphatic heterocycles. The van der Waals surface area contributed by atoms with Crippen molar-refractivity contribution < 1.29 is 9.84 Å². The molecular weight excluding hydrogens is 364 g/mol. The first-order valence-corrected chi connectivity index (χ1v) is 9.27. The molecule has 0 unspecified atom stereocenters. The van der Waals surface area contributed by atoms with Crippen LogP contribution in [-0.2, 0) is 17.8 Å². The first-order valence-electron chi connectivity index (χ1n) is 8.89. The molecule has 0 saturated carbocycles. The van der Waals surface area contributed by atoms with Crippen molar-refractivity contribution in [3.63, 3.8) is 0 Å². The second-order valence-corrected chi connectivity index (χ2v) is 6.47. The molecule has 2 aromatic carbocycles. The van der Waals surface area contributed by atoms with Gasteiger partial charge in [-0.05, 0) is 17.7 Å². The van der Waals surface area contributed by atoms with Crippen LogP contribution in [0.25, 0.3) is 11.3 Å². The molecule has 0 aliphatic carbocycles. The van der Waals surface area contributed by atoms with Gasteiger partial charge in [-0.2, -0.15) is 15.0 Å². The van der Waals surface area contributed by atoms with E-state index in [4.69, 9.17) is 26.5 Å². The lowest BCUT2D eigenvalue weighted by atomic mass is 10.1. The molecule has 0 aliphatic rings. The number of ether oxygens (including phenoxy) is 1. The van der Waals surface area contributed by atoms with Gasteiger partial charge in [0.05, 0.1) is 26.4 Å². The summed E-state index contributed by atoms with van der Waals surface area (Å²) in [6.45, 7) is 2.79. The zero-order valence-electron chi connectivity index (χ0n) is 15.0. The normalized spacial score (nSPS) is 11.0. The highest BCUT2D eigenvalue weighted by atomic mass is 35.5. The van der Waals surface area contributed by atoms with Crippen LogP contribution in [0.2, 0.25) is 5.02 Å². The number of nitrogens with zero attached hydrogens (tertiary/aromatic N) is 3. The number of hydrogen-bond donors (Lipinski definition) is 2. The molecule has 0 amide bonds. The number of hydrogen-bond acceptors (Lipinski definition) is 5. The molecule has 27 heavy (non-hydrogen) atoms. The molecule has 0 saturated heterocycles. The maximum atomic E-state index is 8.73. The van der Waals surface area contributed by atoms with Gasteiger partial charge in [-0.1, -0.05) is 54.1 Å². The summed E-state index contributed by atoms with van der Waals surface area (Å²) in [4.78, 5) is 1.71. The van der Waals surface area contributed by atoms with E-state index in [0.717, 1.165) is 22.5 Å². The highest BCUT2D eigenvalue weighted by molar-refractivity contribution is 6.30. The van der Waals surface area contributed by atoms with E-state index in [1.807, 2.05) is 54.6 Å². The lowest BCUT2D eigenvalue weighted by molar-refractivity contribution is 0.0937. The van der Waals surface area contributed by atoms with Gasteiger partial charge >= 0.3 is 0 Å². The van der Waals surface area contributed by atoms with Crippen LogP contribution in [0, 0.1) is 0 Å². The Morgan fingerprint density at radius 1 is 1.00 bits per heavy atom. The first kappa shape index (κ1) is 19.5. The van der Waals surface area contributed by atoms with E-state index in [1.54, 1.807) is 4.80 Å². The SMILES string of the molecule is OCCOCCNCc1nn(Cc2ccc(Cl)cc2)nc1-c1ccccc1. The van der Waals surface area contributed by atoms with E-state index < -0.39 is 0 Å². The van der Waals surface area contributed by atoms with Gasteiger partial charge in [0.1, 0.15) is 11.4 Å². The molecule has 0 fully saturated rings. The summed E-state index contributed by atoms with van der Waals surface area (Å²) in [5.41, 5.74) is 3.88. The van der Waals surface area contributed by atoms with Crippen molar-refractivity contribution in [2.24, 2.45) is 0 Å². The number of aliphatic hydroxyl groups excluding tert-OH is 1. The average molecular weight is 387 g/mol. The number of aromatic nitrogens is 3. The maximum Gasteiger partial charge on any atom is 0.117 e. The molecule has 3 aromatic rings. The van der Waals surface area contributed by atoms with Gasteiger partial charge in [0.15, 0.2) is 0 Å². The number of nitrogens with one attached hydrogen (secondary N) is 1. The topological polar surface area (TPSA) is 72.2 Å². The van der Waals surface area contributed by atoms with Crippen molar-refractivity contribution >= 4 is 11.6 Å². The van der Waals surface area contributed by atoms with Crippen LogP contribution >= 0.6 is 11.6 Å². The van der Waals surface area contributed by atoms with E-state index in [0.29, 0.717) is 37.9 Å². The molecule has 0 atom stereocenters. The van der Waals surface area contributed by atoms with Gasteiger partial charge in [-0.3, -0.25) is 0 Å². The van der Waals surface area contributed by atoms with E-state index in [-0.39, 0.29) is 6.61 Å². The zero-order chi connectivity index (χ0) is 18.9. The molecule has 7 heteroatoms. The molecule has 0 bridgehead atoms. The van der Waals surface area contributed by atoms with Crippen LogP contribution in [0.3, 0.4) is 0 Å². The van der Waals surface area contributed by atoms with Crippen LogP contribution in [0.15, 0.2) is 54.6 Å². The second kappa shape index (κ2) is 10.2. The fourth-order valence-electron chi connectivity index (χ4n) is 2.66. The summed E-state index contributed by atoms with van der Waals surface area (Å²) in [5, 5.41) is 22.1. The second-order valence-electron chi connectivity index (χ2n) is 6.03. The first-order chi connectivity index (χ1) is 13.3. The highest BCUT2D eigenvalue weighted by Crippen LogP contribution is 2.20. The van der Waals surface area contributed by atoms with Crippen molar-refractivity contribution in [2.45, 2.75) is 13.1 Å². The third kappa shape index (κ3) is 5.87. The van der Waals surface area contributed by atoms with Crippen molar-refractivity contribution in [3.8, 4) is 11.3 Å². The monoisotopic (exact) mass is 386 g/mol. The minimum Gasteiger partial charge on any atom is -0.394 e. The lowest BCUT2D eigenvalue weighted by Gasteiger charge is -2.04. The van der Waals surface area contributed by atoms with Gasteiger partial charge in [-0.25, -0.2) is 0 Å². The standard InChI is InChI=1S/C20H23ClN4O2/c21-18-8-6-16(7-9-18)15-25-23-19(14-22-10-12-27-13-11-26)20(24-25)17-4-2-1-3-5-17/h1-9,22,26H,10-15H2. The summed E-state index contributed by atoms with van der Waals surface area (Å²) < 4.78 is 5.26. The van der Waals surface area contributed by atoms with Gasteiger partial charge < -0.3 is 15.2 Å². The predicted octanol–water partition coefficient (Wildman–Crippen LogP) is 2.75. The van der Waals surface area contributed by atoms with E-state index in [2.05, 4.69) is 10.4 Å². The molecule has 1 heterocycles. The molecule has 0 radical (unpaired) electrons. The van der Waals surface area contributed by atoms with Gasteiger partial charge in [-0.15, -0.1) is 0 Å². The van der Waals surface area contributed by atoms with Gasteiger partial charge in [0.25, 0.3) is 0 Å². The summed E-state index contributed by atoms with van der Waals surface area (Å²) in [7, 11) is 0.